The summed E-state index contributed by atoms with van der Waals surface area (Å²) < 4.78 is 10.3. The van der Waals surface area contributed by atoms with Gasteiger partial charge in [-0.3, -0.25) is 4.79 Å². The van der Waals surface area contributed by atoms with Crippen molar-refractivity contribution in [2.24, 2.45) is 11.1 Å². The zero-order chi connectivity index (χ0) is 13.9. The predicted octanol–water partition coefficient (Wildman–Crippen LogP) is 1.17. The molecule has 1 aromatic carbocycles. The van der Waals surface area contributed by atoms with Crippen LogP contribution >= 0.6 is 0 Å². The van der Waals surface area contributed by atoms with Gasteiger partial charge in [-0.25, -0.2) is 0 Å². The Morgan fingerprint density at radius 1 is 1.26 bits per heavy atom. The van der Waals surface area contributed by atoms with E-state index in [-0.39, 0.29) is 11.3 Å². The van der Waals surface area contributed by atoms with E-state index in [9.17, 15) is 4.79 Å². The molecule has 5 heteroatoms. The van der Waals surface area contributed by atoms with Crippen LogP contribution in [0.2, 0.25) is 0 Å². The number of carbonyl (C=O) groups excluding carboxylic acids is 1. The number of carbonyl (C=O) groups is 1. The summed E-state index contributed by atoms with van der Waals surface area (Å²) in [6, 6.07) is 5.12. The number of amides is 1. The number of nitrogens with one attached hydrogen (secondary N) is 1. The normalized spacial score (nSPS) is 15.7. The van der Waals surface area contributed by atoms with Gasteiger partial charge in [-0.2, -0.15) is 0 Å². The molecule has 0 atom stereocenters. The van der Waals surface area contributed by atoms with E-state index >= 15 is 0 Å². The minimum atomic E-state index is -0.128. The van der Waals surface area contributed by atoms with Gasteiger partial charge in [0.15, 0.2) is 0 Å². The van der Waals surface area contributed by atoms with E-state index < -0.39 is 0 Å². The highest BCUT2D eigenvalue weighted by Gasteiger charge is 2.41. The van der Waals surface area contributed by atoms with Gasteiger partial charge in [-0.15, -0.1) is 0 Å². The van der Waals surface area contributed by atoms with Gasteiger partial charge >= 0.3 is 0 Å². The predicted molar refractivity (Wildman–Crippen MR) is 72.6 cm³/mol. The van der Waals surface area contributed by atoms with Gasteiger partial charge < -0.3 is 20.5 Å². The lowest BCUT2D eigenvalue weighted by Crippen LogP contribution is -2.33. The molecule has 3 N–H and O–H groups in total. The second-order valence-corrected chi connectivity index (χ2v) is 4.99. The number of methoxy groups -OCH3 is 2. The van der Waals surface area contributed by atoms with Crippen molar-refractivity contribution < 1.29 is 14.3 Å². The van der Waals surface area contributed by atoms with Crippen LogP contribution in [0.25, 0.3) is 0 Å². The van der Waals surface area contributed by atoms with E-state index in [1.807, 2.05) is 0 Å². The third-order valence-electron chi connectivity index (χ3n) is 3.63. The molecule has 1 fully saturated rings. The molecule has 0 aromatic heterocycles. The van der Waals surface area contributed by atoms with Crippen molar-refractivity contribution in [2.75, 3.05) is 27.3 Å². The number of hydrogen-bond acceptors (Lipinski definition) is 4. The first kappa shape index (κ1) is 13.7. The average molecular weight is 264 g/mol. The van der Waals surface area contributed by atoms with Crippen LogP contribution in [0.1, 0.15) is 23.2 Å². The number of benzene rings is 1. The van der Waals surface area contributed by atoms with Crippen molar-refractivity contribution >= 4 is 5.91 Å². The molecule has 0 heterocycles. The Hall–Kier alpha value is -1.75. The molecule has 0 aliphatic heterocycles. The quantitative estimate of drug-likeness (QED) is 0.809. The zero-order valence-electron chi connectivity index (χ0n) is 11.4. The first-order valence-electron chi connectivity index (χ1n) is 6.34. The van der Waals surface area contributed by atoms with Crippen LogP contribution in [0.3, 0.4) is 0 Å². The fourth-order valence-corrected chi connectivity index (χ4v) is 1.94. The second kappa shape index (κ2) is 5.48. The maximum atomic E-state index is 12.1. The molecule has 5 nitrogen and oxygen atoms in total. The highest BCUT2D eigenvalue weighted by molar-refractivity contribution is 5.95. The van der Waals surface area contributed by atoms with Crippen molar-refractivity contribution in [3.05, 3.63) is 23.8 Å². The molecule has 2 rings (SSSR count). The molecule has 0 unspecified atom stereocenters. The van der Waals surface area contributed by atoms with Crippen LogP contribution < -0.4 is 20.5 Å². The van der Waals surface area contributed by atoms with Crippen molar-refractivity contribution in [2.45, 2.75) is 12.8 Å². The van der Waals surface area contributed by atoms with Gasteiger partial charge in [-0.05, 0) is 31.5 Å². The Morgan fingerprint density at radius 2 is 1.84 bits per heavy atom. The Balaban J connectivity index is 2.05. The molecular weight excluding hydrogens is 244 g/mol. The molecule has 1 amide bonds. The van der Waals surface area contributed by atoms with Crippen molar-refractivity contribution in [3.8, 4) is 11.5 Å². The fraction of sp³-hybridized carbons (Fsp3) is 0.500. The largest absolute Gasteiger partial charge is 0.497 e. The van der Waals surface area contributed by atoms with Crippen LogP contribution in [0, 0.1) is 5.41 Å². The lowest BCUT2D eigenvalue weighted by atomic mass is 10.1. The maximum Gasteiger partial charge on any atom is 0.251 e. The van der Waals surface area contributed by atoms with Crippen LogP contribution in [-0.2, 0) is 0 Å². The molecule has 0 spiro atoms. The molecule has 1 aromatic rings. The maximum absolute atomic E-state index is 12.1. The van der Waals surface area contributed by atoms with Gasteiger partial charge in [0, 0.05) is 23.6 Å². The minimum Gasteiger partial charge on any atom is -0.497 e. The fourth-order valence-electron chi connectivity index (χ4n) is 1.94. The number of rotatable bonds is 6. The summed E-state index contributed by atoms with van der Waals surface area (Å²) in [5.41, 5.74) is 6.35. The summed E-state index contributed by atoms with van der Waals surface area (Å²) in [5.74, 6) is 1.07. The van der Waals surface area contributed by atoms with Crippen LogP contribution in [0.5, 0.6) is 11.5 Å². The Morgan fingerprint density at radius 3 is 2.26 bits per heavy atom. The smallest absolute Gasteiger partial charge is 0.251 e. The summed E-state index contributed by atoms with van der Waals surface area (Å²) in [7, 11) is 3.12. The Kier molecular flexibility index (Phi) is 3.95. The van der Waals surface area contributed by atoms with Gasteiger partial charge in [0.25, 0.3) is 5.91 Å². The van der Waals surface area contributed by atoms with Gasteiger partial charge in [0.2, 0.25) is 0 Å². The van der Waals surface area contributed by atoms with Crippen LogP contribution in [0.15, 0.2) is 18.2 Å². The standard InChI is InChI=1S/C14H20N2O3/c1-18-11-5-10(6-12(7-11)19-2)13(17)16-9-14(8-15)3-4-14/h5-7H,3-4,8-9,15H2,1-2H3,(H,16,17). The molecule has 0 radical (unpaired) electrons. The molecule has 104 valence electrons. The van der Waals surface area contributed by atoms with Crippen LogP contribution in [-0.4, -0.2) is 33.2 Å². The highest BCUT2D eigenvalue weighted by atomic mass is 16.5. The molecule has 0 bridgehead atoms. The lowest BCUT2D eigenvalue weighted by molar-refractivity contribution is 0.0944. The molecular formula is C14H20N2O3. The Bertz CT molecular complexity index is 448. The van der Waals surface area contributed by atoms with Gasteiger partial charge in [0.1, 0.15) is 11.5 Å². The third kappa shape index (κ3) is 3.17. The first-order chi connectivity index (χ1) is 9.12. The number of nitrogens with two attached hydrogens (primary N) is 1. The van der Waals surface area contributed by atoms with Gasteiger partial charge in [-0.1, -0.05) is 0 Å². The molecule has 1 aliphatic carbocycles. The van der Waals surface area contributed by atoms with Crippen molar-refractivity contribution in [1.29, 1.82) is 0 Å². The zero-order valence-corrected chi connectivity index (χ0v) is 11.4. The monoisotopic (exact) mass is 264 g/mol. The molecule has 1 aliphatic rings. The van der Waals surface area contributed by atoms with E-state index in [0.717, 1.165) is 12.8 Å². The van der Waals surface area contributed by atoms with Crippen LogP contribution in [0.4, 0.5) is 0 Å². The summed E-state index contributed by atoms with van der Waals surface area (Å²) in [6.07, 6.45) is 2.18. The third-order valence-corrected chi connectivity index (χ3v) is 3.63. The topological polar surface area (TPSA) is 73.6 Å². The summed E-state index contributed by atoms with van der Waals surface area (Å²) in [6.45, 7) is 1.25. The Labute approximate surface area is 113 Å². The summed E-state index contributed by atoms with van der Waals surface area (Å²) in [4.78, 5) is 12.1. The van der Waals surface area contributed by atoms with E-state index in [0.29, 0.717) is 30.2 Å². The van der Waals surface area contributed by atoms with E-state index in [1.165, 1.54) is 0 Å². The van der Waals surface area contributed by atoms with E-state index in [2.05, 4.69) is 5.32 Å². The summed E-state index contributed by atoms with van der Waals surface area (Å²) in [5, 5.41) is 2.93. The molecule has 19 heavy (non-hydrogen) atoms. The minimum absolute atomic E-state index is 0.124. The van der Waals surface area contributed by atoms with E-state index in [1.54, 1.807) is 32.4 Å². The average Bonchev–Trinajstić information content (AvgIpc) is 3.24. The number of hydrogen-bond donors (Lipinski definition) is 2. The second-order valence-electron chi connectivity index (χ2n) is 4.99. The van der Waals surface area contributed by atoms with Gasteiger partial charge in [0.05, 0.1) is 14.2 Å². The SMILES string of the molecule is COc1cc(OC)cc(C(=O)NCC2(CN)CC2)c1. The molecule has 0 saturated heterocycles. The first-order valence-corrected chi connectivity index (χ1v) is 6.34. The summed E-state index contributed by atoms with van der Waals surface area (Å²) >= 11 is 0. The molecule has 1 saturated carbocycles. The number of ether oxygens (including phenoxy) is 2. The van der Waals surface area contributed by atoms with E-state index in [4.69, 9.17) is 15.2 Å². The highest BCUT2D eigenvalue weighted by Crippen LogP contribution is 2.43. The van der Waals surface area contributed by atoms with Crippen molar-refractivity contribution in [1.82, 2.24) is 5.32 Å². The lowest BCUT2D eigenvalue weighted by Gasteiger charge is -2.14. The van der Waals surface area contributed by atoms with Crippen molar-refractivity contribution in [3.63, 3.8) is 0 Å².